The van der Waals surface area contributed by atoms with E-state index in [0.717, 1.165) is 12.8 Å². The number of carbonyl (C=O) groups is 1. The van der Waals surface area contributed by atoms with E-state index in [-0.39, 0.29) is 11.9 Å². The molecular weight excluding hydrogens is 260 g/mol. The van der Waals surface area contributed by atoms with Gasteiger partial charge in [-0.3, -0.25) is 4.79 Å². The molecule has 3 heteroatoms. The molecule has 0 amide bonds. The van der Waals surface area contributed by atoms with E-state index in [0.29, 0.717) is 28.2 Å². The van der Waals surface area contributed by atoms with Crippen LogP contribution in [0.1, 0.15) is 50.4 Å². The van der Waals surface area contributed by atoms with Crippen LogP contribution in [-0.2, 0) is 0 Å². The molecule has 2 rings (SSSR count). The van der Waals surface area contributed by atoms with Crippen LogP contribution in [-0.4, -0.2) is 11.9 Å². The van der Waals surface area contributed by atoms with Gasteiger partial charge >= 0.3 is 0 Å². The van der Waals surface area contributed by atoms with Crippen LogP contribution in [0.3, 0.4) is 0 Å². The van der Waals surface area contributed by atoms with Gasteiger partial charge in [0.15, 0.2) is 5.78 Å². The van der Waals surface area contributed by atoms with Crippen LogP contribution in [0.25, 0.3) is 0 Å². The average molecular weight is 281 g/mol. The van der Waals surface area contributed by atoms with Gasteiger partial charge in [-0.2, -0.15) is 0 Å². The Morgan fingerprint density at radius 1 is 1.21 bits per heavy atom. The van der Waals surface area contributed by atoms with E-state index in [4.69, 9.17) is 16.3 Å². The molecule has 0 heterocycles. The molecule has 0 N–H and O–H groups in total. The van der Waals surface area contributed by atoms with Gasteiger partial charge in [0.25, 0.3) is 0 Å². The molecule has 19 heavy (non-hydrogen) atoms. The van der Waals surface area contributed by atoms with E-state index >= 15 is 0 Å². The zero-order chi connectivity index (χ0) is 14.0. The van der Waals surface area contributed by atoms with Gasteiger partial charge in [-0.1, -0.05) is 25.4 Å². The summed E-state index contributed by atoms with van der Waals surface area (Å²) in [5.74, 6) is 2.11. The van der Waals surface area contributed by atoms with Gasteiger partial charge in [0.1, 0.15) is 5.75 Å². The number of rotatable bonds is 3. The summed E-state index contributed by atoms with van der Waals surface area (Å²) in [7, 11) is 0. The molecule has 0 aliphatic heterocycles. The molecule has 104 valence electrons. The smallest absolute Gasteiger partial charge is 0.159 e. The topological polar surface area (TPSA) is 26.3 Å². The van der Waals surface area contributed by atoms with Gasteiger partial charge in [-0.05, 0) is 56.2 Å². The van der Waals surface area contributed by atoms with Crippen molar-refractivity contribution in [1.29, 1.82) is 0 Å². The van der Waals surface area contributed by atoms with Gasteiger partial charge in [-0.25, -0.2) is 0 Å². The molecule has 1 fully saturated rings. The third kappa shape index (κ3) is 3.73. The second-order valence-electron chi connectivity index (χ2n) is 5.86. The van der Waals surface area contributed by atoms with E-state index in [1.807, 2.05) is 6.07 Å². The van der Waals surface area contributed by atoms with Crippen molar-refractivity contribution in [2.24, 2.45) is 11.8 Å². The Kier molecular flexibility index (Phi) is 4.51. The van der Waals surface area contributed by atoms with Crippen LogP contribution in [0, 0.1) is 11.8 Å². The van der Waals surface area contributed by atoms with Crippen LogP contribution in [0.2, 0.25) is 5.02 Å². The lowest BCUT2D eigenvalue weighted by Gasteiger charge is -2.31. The predicted molar refractivity (Wildman–Crippen MR) is 78.1 cm³/mol. The highest BCUT2D eigenvalue weighted by Crippen LogP contribution is 2.34. The van der Waals surface area contributed by atoms with Crippen LogP contribution in [0.15, 0.2) is 18.2 Å². The largest absolute Gasteiger partial charge is 0.489 e. The lowest BCUT2D eigenvalue weighted by molar-refractivity contribution is 0.101. The monoisotopic (exact) mass is 280 g/mol. The van der Waals surface area contributed by atoms with Crippen LogP contribution >= 0.6 is 11.6 Å². The fourth-order valence-corrected chi connectivity index (χ4v) is 3.19. The first-order valence-corrected chi connectivity index (χ1v) is 7.30. The first-order chi connectivity index (χ1) is 8.95. The molecule has 1 saturated carbocycles. The quantitative estimate of drug-likeness (QED) is 0.747. The minimum Gasteiger partial charge on any atom is -0.489 e. The molecule has 2 unspecified atom stereocenters. The van der Waals surface area contributed by atoms with Crippen molar-refractivity contribution in [3.05, 3.63) is 28.8 Å². The summed E-state index contributed by atoms with van der Waals surface area (Å²) < 4.78 is 6.02. The summed E-state index contributed by atoms with van der Waals surface area (Å²) >= 11 is 6.19. The molecule has 0 aromatic heterocycles. The van der Waals surface area contributed by atoms with Gasteiger partial charge in [-0.15, -0.1) is 0 Å². The zero-order valence-electron chi connectivity index (χ0n) is 11.8. The predicted octanol–water partition coefficient (Wildman–Crippen LogP) is 4.75. The van der Waals surface area contributed by atoms with Gasteiger partial charge in [0, 0.05) is 5.56 Å². The molecule has 0 bridgehead atoms. The van der Waals surface area contributed by atoms with Gasteiger partial charge in [0.05, 0.1) is 11.1 Å². The highest BCUT2D eigenvalue weighted by Gasteiger charge is 2.25. The third-order valence-corrected chi connectivity index (χ3v) is 4.06. The Morgan fingerprint density at radius 2 is 1.84 bits per heavy atom. The zero-order valence-corrected chi connectivity index (χ0v) is 12.5. The second-order valence-corrected chi connectivity index (χ2v) is 6.27. The molecule has 0 radical (unpaired) electrons. The van der Waals surface area contributed by atoms with Crippen molar-refractivity contribution in [2.75, 3.05) is 0 Å². The van der Waals surface area contributed by atoms with E-state index in [1.54, 1.807) is 12.1 Å². The van der Waals surface area contributed by atoms with Crippen LogP contribution in [0.4, 0.5) is 0 Å². The summed E-state index contributed by atoms with van der Waals surface area (Å²) in [6.07, 6.45) is 3.67. The number of ketones is 1. The summed E-state index contributed by atoms with van der Waals surface area (Å²) in [4.78, 5) is 11.3. The van der Waals surface area contributed by atoms with Crippen molar-refractivity contribution in [1.82, 2.24) is 0 Å². The molecule has 1 aromatic carbocycles. The van der Waals surface area contributed by atoms with E-state index < -0.39 is 0 Å². The number of benzene rings is 1. The molecule has 0 saturated heterocycles. The summed E-state index contributed by atoms with van der Waals surface area (Å²) in [5.41, 5.74) is 0.628. The normalized spacial score (nSPS) is 27.1. The number of hydrogen-bond donors (Lipinski definition) is 0. The Hall–Kier alpha value is -1.02. The van der Waals surface area contributed by atoms with E-state index in [1.165, 1.54) is 13.3 Å². The molecule has 2 atom stereocenters. The van der Waals surface area contributed by atoms with Crippen LogP contribution in [0.5, 0.6) is 5.75 Å². The van der Waals surface area contributed by atoms with Crippen molar-refractivity contribution >= 4 is 17.4 Å². The average Bonchev–Trinajstić information content (AvgIpc) is 2.30. The highest BCUT2D eigenvalue weighted by molar-refractivity contribution is 6.32. The summed E-state index contributed by atoms with van der Waals surface area (Å²) in [6.45, 7) is 6.08. The van der Waals surface area contributed by atoms with Gasteiger partial charge < -0.3 is 4.74 Å². The van der Waals surface area contributed by atoms with Crippen LogP contribution < -0.4 is 4.74 Å². The number of Topliss-reactive ketones (excluding diaryl/α,β-unsaturated/α-hetero) is 1. The summed E-state index contributed by atoms with van der Waals surface area (Å²) in [5, 5.41) is 0.526. The van der Waals surface area contributed by atoms with Crippen molar-refractivity contribution in [3.63, 3.8) is 0 Å². The number of ether oxygens (including phenoxy) is 1. The molecule has 1 aliphatic rings. The van der Waals surface area contributed by atoms with E-state index in [9.17, 15) is 4.79 Å². The first-order valence-electron chi connectivity index (χ1n) is 6.93. The molecule has 1 aliphatic carbocycles. The third-order valence-electron chi connectivity index (χ3n) is 3.77. The number of halogens is 1. The van der Waals surface area contributed by atoms with Crippen molar-refractivity contribution in [3.8, 4) is 5.75 Å². The lowest BCUT2D eigenvalue weighted by Crippen LogP contribution is -2.28. The van der Waals surface area contributed by atoms with Crippen molar-refractivity contribution < 1.29 is 9.53 Å². The lowest BCUT2D eigenvalue weighted by atomic mass is 9.82. The second kappa shape index (κ2) is 5.96. The fourth-order valence-electron chi connectivity index (χ4n) is 2.96. The maximum Gasteiger partial charge on any atom is 0.159 e. The molecule has 1 aromatic rings. The SMILES string of the molecule is CC(=O)c1ccc(OC2CC(C)CC(C)C2)c(Cl)c1. The minimum atomic E-state index is 0.0216. The molecular formula is C16H21ClO2. The van der Waals surface area contributed by atoms with Gasteiger partial charge in [0.2, 0.25) is 0 Å². The van der Waals surface area contributed by atoms with Crippen molar-refractivity contribution in [2.45, 2.75) is 46.1 Å². The Balaban J connectivity index is 2.08. The highest BCUT2D eigenvalue weighted by atomic mass is 35.5. The fraction of sp³-hybridized carbons (Fsp3) is 0.562. The Labute approximate surface area is 120 Å². The van der Waals surface area contributed by atoms with E-state index in [2.05, 4.69) is 13.8 Å². The maximum atomic E-state index is 11.3. The number of hydrogen-bond acceptors (Lipinski definition) is 2. The standard InChI is InChI=1S/C16H21ClO2/c1-10-6-11(2)8-14(7-10)19-16-5-4-13(12(3)18)9-15(16)17/h4-5,9-11,14H,6-8H2,1-3H3. The first kappa shape index (κ1) is 14.4. The Morgan fingerprint density at radius 3 is 2.37 bits per heavy atom. The number of carbonyl (C=O) groups excluding carboxylic acids is 1. The summed E-state index contributed by atoms with van der Waals surface area (Å²) in [6, 6.07) is 5.27. The molecule has 0 spiro atoms. The Bertz CT molecular complexity index is 460. The minimum absolute atomic E-state index is 0.0216. The molecule has 2 nitrogen and oxygen atoms in total. The maximum absolute atomic E-state index is 11.3.